The molecule has 0 aromatic carbocycles. The number of nitrogens with zero attached hydrogens (tertiary/aromatic N) is 4. The van der Waals surface area contributed by atoms with Gasteiger partial charge < -0.3 is 19.7 Å². The largest absolute Gasteiger partial charge is 0.470 e. The van der Waals surface area contributed by atoms with Crippen molar-refractivity contribution in [1.82, 2.24) is 19.9 Å². The summed E-state index contributed by atoms with van der Waals surface area (Å²) in [6, 6.07) is 1.32. The summed E-state index contributed by atoms with van der Waals surface area (Å²) in [5, 5.41) is 4.54. The predicted molar refractivity (Wildman–Crippen MR) is 107 cm³/mol. The number of amides is 1. The topological polar surface area (TPSA) is 89.5 Å². The van der Waals surface area contributed by atoms with Gasteiger partial charge in [-0.2, -0.15) is 4.98 Å². The number of alkyl halides is 4. The monoisotopic (exact) mass is 475 g/mol. The van der Waals surface area contributed by atoms with E-state index in [2.05, 4.69) is 25.0 Å². The highest BCUT2D eigenvalue weighted by atomic mass is 32.1. The number of aromatic nitrogens is 3. The predicted octanol–water partition coefficient (Wildman–Crippen LogP) is 4.36. The van der Waals surface area contributed by atoms with Crippen LogP contribution in [0.5, 0.6) is 5.88 Å². The molecule has 13 heteroatoms. The van der Waals surface area contributed by atoms with E-state index in [9.17, 15) is 22.4 Å². The zero-order chi connectivity index (χ0) is 22.9. The highest BCUT2D eigenvalue weighted by Gasteiger charge is 2.36. The number of thiazole rings is 1. The van der Waals surface area contributed by atoms with Crippen LogP contribution in [0.25, 0.3) is 10.8 Å². The molecule has 2 fully saturated rings. The molecule has 4 rings (SSSR count). The first kappa shape index (κ1) is 22.5. The number of hydrogen-bond donors (Lipinski definition) is 1. The van der Waals surface area contributed by atoms with Gasteiger partial charge in [-0.05, 0) is 12.8 Å². The zero-order valence-electron chi connectivity index (χ0n) is 17.1. The second kappa shape index (κ2) is 9.04. The molecule has 174 valence electrons. The second-order valence-corrected chi connectivity index (χ2v) is 8.54. The third-order valence-corrected chi connectivity index (χ3v) is 6.13. The van der Waals surface area contributed by atoms with Gasteiger partial charge in [0.05, 0.1) is 20.2 Å². The Hall–Kier alpha value is -2.70. The summed E-state index contributed by atoms with van der Waals surface area (Å²) in [5.74, 6) is -2.07. The van der Waals surface area contributed by atoms with Gasteiger partial charge in [0.15, 0.2) is 10.8 Å². The average molecular weight is 475 g/mol. The summed E-state index contributed by atoms with van der Waals surface area (Å²) in [7, 11) is 1.29. The molecule has 1 aliphatic heterocycles. The molecule has 2 aliphatic rings. The molecule has 8 nitrogen and oxygen atoms in total. The number of carbonyl (C=O) groups is 1. The van der Waals surface area contributed by atoms with Crippen molar-refractivity contribution in [3.63, 3.8) is 0 Å². The van der Waals surface area contributed by atoms with Gasteiger partial charge in [0.2, 0.25) is 11.8 Å². The first-order chi connectivity index (χ1) is 15.2. The summed E-state index contributed by atoms with van der Waals surface area (Å²) in [6.45, 7) is 0.610. The Kier molecular flexibility index (Phi) is 6.35. The fraction of sp³-hybridized carbons (Fsp3) is 0.579. The molecule has 1 saturated carbocycles. The SMILES string of the molecule is COC(=O)N1CC(Oc2cc(NC3CCC(F)(F)CC3)nc(-c3nc(C(F)F)cs3)n2)C1. The number of carbonyl (C=O) groups excluding carboxylic acids is 1. The fourth-order valence-electron chi connectivity index (χ4n) is 3.50. The van der Waals surface area contributed by atoms with Crippen molar-refractivity contribution in [3.8, 4) is 16.7 Å². The number of ether oxygens (including phenoxy) is 2. The van der Waals surface area contributed by atoms with Gasteiger partial charge in [-0.3, -0.25) is 0 Å². The molecule has 1 amide bonds. The summed E-state index contributed by atoms with van der Waals surface area (Å²) in [6.07, 6.45) is -3.42. The smallest absolute Gasteiger partial charge is 0.409 e. The summed E-state index contributed by atoms with van der Waals surface area (Å²) in [5.41, 5.74) is -0.378. The molecular weight excluding hydrogens is 454 g/mol. The molecule has 0 radical (unpaired) electrons. The minimum Gasteiger partial charge on any atom is -0.470 e. The molecule has 0 bridgehead atoms. The molecule has 1 saturated heterocycles. The van der Waals surface area contributed by atoms with Gasteiger partial charge in [-0.1, -0.05) is 0 Å². The van der Waals surface area contributed by atoms with Crippen LogP contribution in [0.2, 0.25) is 0 Å². The van der Waals surface area contributed by atoms with Crippen molar-refractivity contribution < 1.29 is 31.8 Å². The van der Waals surface area contributed by atoms with Crippen LogP contribution in [0.3, 0.4) is 0 Å². The van der Waals surface area contributed by atoms with Crippen LogP contribution in [-0.4, -0.2) is 64.2 Å². The van der Waals surface area contributed by atoms with E-state index in [0.717, 1.165) is 11.3 Å². The van der Waals surface area contributed by atoms with Crippen LogP contribution < -0.4 is 10.1 Å². The molecule has 1 aliphatic carbocycles. The molecule has 0 unspecified atom stereocenters. The van der Waals surface area contributed by atoms with E-state index in [0.29, 0.717) is 18.9 Å². The van der Waals surface area contributed by atoms with Crippen molar-refractivity contribution >= 4 is 23.2 Å². The number of rotatable bonds is 6. The molecule has 1 N–H and O–H groups in total. The van der Waals surface area contributed by atoms with Crippen LogP contribution in [-0.2, 0) is 4.74 Å². The first-order valence-electron chi connectivity index (χ1n) is 9.99. The standard InChI is InChI=1S/C19H21F4N5O3S/c1-30-18(29)28-7-11(8-28)31-14-6-13(24-10-2-4-19(22,23)5-3-10)26-16(27-14)17-25-12(9-32-17)15(20)21/h6,9-11,15H,2-5,7-8H2,1H3,(H,24,26,27). The number of methoxy groups -OCH3 is 1. The normalized spacial score (nSPS) is 19.0. The Morgan fingerprint density at radius 1 is 1.25 bits per heavy atom. The van der Waals surface area contributed by atoms with Crippen LogP contribution in [0.1, 0.15) is 37.8 Å². The highest BCUT2D eigenvalue weighted by molar-refractivity contribution is 7.13. The minimum atomic E-state index is -2.72. The van der Waals surface area contributed by atoms with E-state index in [1.807, 2.05) is 0 Å². The fourth-order valence-corrected chi connectivity index (χ4v) is 4.24. The van der Waals surface area contributed by atoms with Crippen molar-refractivity contribution in [2.75, 3.05) is 25.5 Å². The number of nitrogens with one attached hydrogen (secondary N) is 1. The Labute approximate surface area is 185 Å². The number of likely N-dealkylation sites (tertiary alicyclic amines) is 1. The molecule has 2 aromatic rings. The number of anilines is 1. The summed E-state index contributed by atoms with van der Waals surface area (Å²) in [4.78, 5) is 25.5. The van der Waals surface area contributed by atoms with Gasteiger partial charge in [0.1, 0.15) is 17.6 Å². The quantitative estimate of drug-likeness (QED) is 0.621. The Morgan fingerprint density at radius 2 is 1.97 bits per heavy atom. The summed E-state index contributed by atoms with van der Waals surface area (Å²) < 4.78 is 63.3. The molecule has 3 heterocycles. The van der Waals surface area contributed by atoms with Crippen molar-refractivity contribution in [3.05, 3.63) is 17.1 Å². The maximum absolute atomic E-state index is 13.5. The van der Waals surface area contributed by atoms with Crippen molar-refractivity contribution in [1.29, 1.82) is 0 Å². The van der Waals surface area contributed by atoms with Gasteiger partial charge in [0.25, 0.3) is 6.43 Å². The van der Waals surface area contributed by atoms with Gasteiger partial charge in [-0.15, -0.1) is 11.3 Å². The molecule has 0 atom stereocenters. The minimum absolute atomic E-state index is 0.0900. The van der Waals surface area contributed by atoms with E-state index >= 15 is 0 Å². The lowest BCUT2D eigenvalue weighted by Crippen LogP contribution is -2.56. The summed E-state index contributed by atoms with van der Waals surface area (Å²) >= 11 is 0.972. The van der Waals surface area contributed by atoms with Gasteiger partial charge in [0, 0.05) is 30.3 Å². The lowest BCUT2D eigenvalue weighted by molar-refractivity contribution is -0.0361. The zero-order valence-corrected chi connectivity index (χ0v) is 17.9. The van der Waals surface area contributed by atoms with Gasteiger partial charge >= 0.3 is 6.09 Å². The second-order valence-electron chi connectivity index (χ2n) is 7.68. The Bertz CT molecular complexity index is 960. The molecule has 2 aromatic heterocycles. The Morgan fingerprint density at radius 3 is 2.59 bits per heavy atom. The van der Waals surface area contributed by atoms with Crippen molar-refractivity contribution in [2.24, 2.45) is 0 Å². The molecule has 32 heavy (non-hydrogen) atoms. The molecular formula is C19H21F4N5O3S. The van der Waals surface area contributed by atoms with Gasteiger partial charge in [-0.25, -0.2) is 32.3 Å². The lowest BCUT2D eigenvalue weighted by Gasteiger charge is -2.37. The van der Waals surface area contributed by atoms with E-state index < -0.39 is 18.4 Å². The van der Waals surface area contributed by atoms with E-state index in [1.165, 1.54) is 23.5 Å². The molecule has 0 spiro atoms. The van der Waals surface area contributed by atoms with Crippen LogP contribution in [0, 0.1) is 0 Å². The van der Waals surface area contributed by atoms with E-state index in [-0.39, 0.29) is 60.2 Å². The maximum Gasteiger partial charge on any atom is 0.409 e. The number of halogens is 4. The first-order valence-corrected chi connectivity index (χ1v) is 10.9. The third kappa shape index (κ3) is 5.19. The average Bonchev–Trinajstić information content (AvgIpc) is 3.22. The van der Waals surface area contributed by atoms with E-state index in [4.69, 9.17) is 4.74 Å². The lowest BCUT2D eigenvalue weighted by atomic mass is 9.92. The van der Waals surface area contributed by atoms with Crippen LogP contribution in [0.4, 0.5) is 28.2 Å². The maximum atomic E-state index is 13.5. The number of hydrogen-bond acceptors (Lipinski definition) is 8. The van der Waals surface area contributed by atoms with Crippen molar-refractivity contribution in [2.45, 2.75) is 50.2 Å². The van der Waals surface area contributed by atoms with Crippen LogP contribution in [0.15, 0.2) is 11.4 Å². The highest BCUT2D eigenvalue weighted by Crippen LogP contribution is 2.35. The van der Waals surface area contributed by atoms with E-state index in [1.54, 1.807) is 0 Å². The Balaban J connectivity index is 1.52. The third-order valence-electron chi connectivity index (χ3n) is 5.28. The van der Waals surface area contributed by atoms with Crippen LogP contribution >= 0.6 is 11.3 Å².